The lowest BCUT2D eigenvalue weighted by Crippen LogP contribution is -2.37. The number of nitrogens with zero attached hydrogens (tertiary/aromatic N) is 2. The Hall–Kier alpha value is -3.03. The molecule has 6 nitrogen and oxygen atoms in total. The molecule has 25 heavy (non-hydrogen) atoms. The lowest BCUT2D eigenvalue weighted by atomic mass is 10.1. The Morgan fingerprint density at radius 1 is 1.24 bits per heavy atom. The fourth-order valence-electron chi connectivity index (χ4n) is 2.31. The average Bonchev–Trinajstić information content (AvgIpc) is 2.54. The van der Waals surface area contributed by atoms with Crippen LogP contribution in [0.1, 0.15) is 24.1 Å². The maximum atomic E-state index is 13.7. The molecule has 0 saturated heterocycles. The molecule has 1 amide bonds. The fraction of sp³-hybridized carbons (Fsp3) is 0.235. The highest BCUT2D eigenvalue weighted by Gasteiger charge is 2.13. The summed E-state index contributed by atoms with van der Waals surface area (Å²) in [5.41, 5.74) is -0.724. The van der Waals surface area contributed by atoms with Crippen LogP contribution in [0.4, 0.5) is 8.78 Å². The summed E-state index contributed by atoms with van der Waals surface area (Å²) < 4.78 is 28.8. The van der Waals surface area contributed by atoms with E-state index in [4.69, 9.17) is 0 Å². The highest BCUT2D eigenvalue weighted by molar-refractivity contribution is 5.91. The van der Waals surface area contributed by atoms with E-state index in [1.54, 1.807) is 6.92 Å². The van der Waals surface area contributed by atoms with Gasteiger partial charge in [-0.2, -0.15) is 0 Å². The Kier molecular flexibility index (Phi) is 5.31. The molecule has 1 atom stereocenters. The number of carbonyl (C=O) groups excluding carboxylic acids is 1. The van der Waals surface area contributed by atoms with Gasteiger partial charge in [-0.15, -0.1) is 0 Å². The van der Waals surface area contributed by atoms with Crippen molar-refractivity contribution >= 4 is 12.0 Å². The van der Waals surface area contributed by atoms with E-state index in [1.165, 1.54) is 37.0 Å². The van der Waals surface area contributed by atoms with Gasteiger partial charge in [0.2, 0.25) is 5.91 Å². The molecular formula is C17H17F2N3O3. The van der Waals surface area contributed by atoms with Gasteiger partial charge in [0, 0.05) is 38.0 Å². The van der Waals surface area contributed by atoms with Gasteiger partial charge < -0.3 is 9.88 Å². The summed E-state index contributed by atoms with van der Waals surface area (Å²) in [5, 5.41) is 2.52. The van der Waals surface area contributed by atoms with E-state index in [0.717, 1.165) is 22.8 Å². The zero-order valence-corrected chi connectivity index (χ0v) is 13.9. The van der Waals surface area contributed by atoms with E-state index in [9.17, 15) is 23.2 Å². The molecule has 1 unspecified atom stereocenters. The monoisotopic (exact) mass is 349 g/mol. The predicted octanol–water partition coefficient (Wildman–Crippen LogP) is 1.25. The van der Waals surface area contributed by atoms with Crippen molar-refractivity contribution in [1.29, 1.82) is 0 Å². The maximum absolute atomic E-state index is 13.7. The van der Waals surface area contributed by atoms with Crippen LogP contribution in [0, 0.1) is 11.6 Å². The Morgan fingerprint density at radius 2 is 1.92 bits per heavy atom. The fourth-order valence-corrected chi connectivity index (χ4v) is 2.31. The first-order chi connectivity index (χ1) is 11.7. The second-order valence-corrected chi connectivity index (χ2v) is 5.57. The summed E-state index contributed by atoms with van der Waals surface area (Å²) in [6.45, 7) is 1.55. The second-order valence-electron chi connectivity index (χ2n) is 5.57. The zero-order chi connectivity index (χ0) is 18.7. The molecule has 0 bridgehead atoms. The molecule has 132 valence electrons. The second kappa shape index (κ2) is 7.25. The quantitative estimate of drug-likeness (QED) is 0.845. The van der Waals surface area contributed by atoms with Crippen LogP contribution in [0.3, 0.4) is 0 Å². The molecule has 0 aliphatic carbocycles. The summed E-state index contributed by atoms with van der Waals surface area (Å²) in [6, 6.07) is 2.40. The molecule has 0 fully saturated rings. The molecule has 2 aromatic rings. The lowest BCUT2D eigenvalue weighted by molar-refractivity contribution is -0.117. The Balaban J connectivity index is 2.16. The summed E-state index contributed by atoms with van der Waals surface area (Å²) in [6.07, 6.45) is 3.70. The van der Waals surface area contributed by atoms with E-state index < -0.39 is 34.8 Å². The highest BCUT2D eigenvalue weighted by atomic mass is 19.1. The molecule has 1 heterocycles. The number of nitrogens with one attached hydrogen (secondary N) is 1. The Labute approximate surface area is 142 Å². The molecule has 0 saturated carbocycles. The average molecular weight is 349 g/mol. The summed E-state index contributed by atoms with van der Waals surface area (Å²) in [7, 11) is 2.82. The molecule has 0 aliphatic rings. The van der Waals surface area contributed by atoms with Crippen molar-refractivity contribution in [3.05, 3.63) is 74.1 Å². The minimum absolute atomic E-state index is 0.140. The van der Waals surface area contributed by atoms with Crippen molar-refractivity contribution in [2.24, 2.45) is 14.1 Å². The van der Waals surface area contributed by atoms with Crippen LogP contribution in [-0.2, 0) is 18.9 Å². The number of benzene rings is 1. The van der Waals surface area contributed by atoms with Gasteiger partial charge in [-0.05, 0) is 19.1 Å². The molecule has 8 heteroatoms. The van der Waals surface area contributed by atoms with E-state index in [2.05, 4.69) is 5.32 Å². The van der Waals surface area contributed by atoms with Gasteiger partial charge in [0.15, 0.2) is 0 Å². The van der Waals surface area contributed by atoms with E-state index >= 15 is 0 Å². The SMILES string of the molecule is CC(NC(=O)/C=C/c1cn(C)c(=O)n(C)c1=O)c1ccc(F)cc1F. The standard InChI is InChI=1S/C17H17F2N3O3/c1-10(13-6-5-12(18)8-14(13)19)20-15(23)7-4-11-9-21(2)17(25)22(3)16(11)24/h4-10H,1-3H3,(H,20,23)/b7-4+. The molecule has 1 aromatic carbocycles. The van der Waals surface area contributed by atoms with Crippen molar-refractivity contribution in [1.82, 2.24) is 14.5 Å². The lowest BCUT2D eigenvalue weighted by Gasteiger charge is -2.13. The van der Waals surface area contributed by atoms with Crippen molar-refractivity contribution in [3.8, 4) is 0 Å². The predicted molar refractivity (Wildman–Crippen MR) is 88.9 cm³/mol. The van der Waals surface area contributed by atoms with Crippen LogP contribution in [0.5, 0.6) is 0 Å². The largest absolute Gasteiger partial charge is 0.346 e. The first kappa shape index (κ1) is 18.3. The van der Waals surface area contributed by atoms with Crippen LogP contribution < -0.4 is 16.6 Å². The van der Waals surface area contributed by atoms with E-state index in [0.29, 0.717) is 0 Å². The third-order valence-electron chi connectivity index (χ3n) is 3.68. The van der Waals surface area contributed by atoms with Gasteiger partial charge in [0.25, 0.3) is 5.56 Å². The molecule has 1 aromatic heterocycles. The number of hydrogen-bond donors (Lipinski definition) is 1. The van der Waals surface area contributed by atoms with Crippen molar-refractivity contribution in [2.75, 3.05) is 0 Å². The van der Waals surface area contributed by atoms with E-state index in [-0.39, 0.29) is 11.1 Å². The first-order valence-electron chi connectivity index (χ1n) is 7.41. The molecule has 0 radical (unpaired) electrons. The molecule has 1 N–H and O–H groups in total. The third kappa shape index (κ3) is 4.09. The van der Waals surface area contributed by atoms with Gasteiger partial charge in [0.05, 0.1) is 11.6 Å². The van der Waals surface area contributed by atoms with Crippen LogP contribution in [0.2, 0.25) is 0 Å². The number of amides is 1. The molecule has 2 rings (SSSR count). The molecule has 0 aliphatic heterocycles. The van der Waals surface area contributed by atoms with Crippen molar-refractivity contribution in [2.45, 2.75) is 13.0 Å². The van der Waals surface area contributed by atoms with E-state index in [1.807, 2.05) is 0 Å². The maximum Gasteiger partial charge on any atom is 0.330 e. The third-order valence-corrected chi connectivity index (χ3v) is 3.68. The van der Waals surface area contributed by atoms with Crippen LogP contribution in [0.25, 0.3) is 6.08 Å². The van der Waals surface area contributed by atoms with Crippen LogP contribution in [-0.4, -0.2) is 15.0 Å². The van der Waals surface area contributed by atoms with Crippen molar-refractivity contribution in [3.63, 3.8) is 0 Å². The number of aryl methyl sites for hydroxylation is 1. The normalized spacial score (nSPS) is 12.4. The molecule has 0 spiro atoms. The van der Waals surface area contributed by atoms with Gasteiger partial charge in [-0.1, -0.05) is 6.07 Å². The van der Waals surface area contributed by atoms with Crippen LogP contribution in [0.15, 0.2) is 40.1 Å². The van der Waals surface area contributed by atoms with Crippen molar-refractivity contribution < 1.29 is 13.6 Å². The number of rotatable bonds is 4. The minimum atomic E-state index is -0.760. The van der Waals surface area contributed by atoms with Gasteiger partial charge in [-0.3, -0.25) is 14.2 Å². The Morgan fingerprint density at radius 3 is 2.56 bits per heavy atom. The summed E-state index contributed by atoms with van der Waals surface area (Å²) in [5.74, 6) is -2.03. The van der Waals surface area contributed by atoms with Gasteiger partial charge in [-0.25, -0.2) is 13.6 Å². The van der Waals surface area contributed by atoms with Gasteiger partial charge in [0.1, 0.15) is 11.6 Å². The summed E-state index contributed by atoms with van der Waals surface area (Å²) in [4.78, 5) is 35.5. The highest BCUT2D eigenvalue weighted by Crippen LogP contribution is 2.17. The van der Waals surface area contributed by atoms with Gasteiger partial charge >= 0.3 is 5.69 Å². The minimum Gasteiger partial charge on any atom is -0.346 e. The molecular weight excluding hydrogens is 332 g/mol. The number of carbonyl (C=O) groups is 1. The smallest absolute Gasteiger partial charge is 0.330 e. The zero-order valence-electron chi connectivity index (χ0n) is 13.9. The first-order valence-corrected chi connectivity index (χ1v) is 7.41. The number of aromatic nitrogens is 2. The van der Waals surface area contributed by atoms with Crippen LogP contribution >= 0.6 is 0 Å². The number of hydrogen-bond acceptors (Lipinski definition) is 3. The summed E-state index contributed by atoms with van der Waals surface area (Å²) >= 11 is 0. The topological polar surface area (TPSA) is 73.1 Å². The number of halogens is 2. The Bertz CT molecular complexity index is 961.